The second kappa shape index (κ2) is 4.02. The minimum absolute atomic E-state index is 0.249. The van der Waals surface area contributed by atoms with E-state index in [1.165, 1.54) is 12.8 Å². The molecular weight excluding hydrogens is 200 g/mol. The highest BCUT2D eigenvalue weighted by molar-refractivity contribution is 5.82. The Balaban J connectivity index is 1.76. The standard InChI is InChI=1S/C13H24N2O/c1-12(2)8-10(12)11(16)15-9-13(3)4-6-14-7-5-13/h10,14H,4-9H2,1-3H3,(H,15,16). The van der Waals surface area contributed by atoms with Crippen LogP contribution in [0.3, 0.4) is 0 Å². The highest BCUT2D eigenvalue weighted by Crippen LogP contribution is 2.51. The summed E-state index contributed by atoms with van der Waals surface area (Å²) in [6.45, 7) is 9.64. The van der Waals surface area contributed by atoms with Crippen LogP contribution in [0.25, 0.3) is 0 Å². The molecule has 1 amide bonds. The molecule has 1 heterocycles. The topological polar surface area (TPSA) is 41.1 Å². The van der Waals surface area contributed by atoms with E-state index in [1.54, 1.807) is 0 Å². The minimum atomic E-state index is 0.249. The maximum atomic E-state index is 11.9. The van der Waals surface area contributed by atoms with Crippen LogP contribution in [0, 0.1) is 16.7 Å². The zero-order valence-electron chi connectivity index (χ0n) is 10.7. The molecule has 1 aliphatic heterocycles. The number of rotatable bonds is 3. The van der Waals surface area contributed by atoms with Crippen molar-refractivity contribution in [2.24, 2.45) is 16.7 Å². The first-order valence-electron chi connectivity index (χ1n) is 6.41. The fourth-order valence-corrected chi connectivity index (χ4v) is 2.55. The van der Waals surface area contributed by atoms with E-state index in [2.05, 4.69) is 31.4 Å². The van der Waals surface area contributed by atoms with Gasteiger partial charge in [-0.1, -0.05) is 20.8 Å². The van der Waals surface area contributed by atoms with Gasteiger partial charge in [-0.2, -0.15) is 0 Å². The summed E-state index contributed by atoms with van der Waals surface area (Å²) in [6, 6.07) is 0. The number of piperidine rings is 1. The summed E-state index contributed by atoms with van der Waals surface area (Å²) in [5.41, 5.74) is 0.555. The number of carbonyl (C=O) groups is 1. The molecule has 0 aromatic heterocycles. The molecule has 1 saturated heterocycles. The normalized spacial score (nSPS) is 30.8. The van der Waals surface area contributed by atoms with E-state index in [0.717, 1.165) is 26.1 Å². The Hall–Kier alpha value is -0.570. The van der Waals surface area contributed by atoms with E-state index in [-0.39, 0.29) is 17.2 Å². The van der Waals surface area contributed by atoms with Gasteiger partial charge in [0.15, 0.2) is 0 Å². The lowest BCUT2D eigenvalue weighted by Gasteiger charge is -2.34. The summed E-state index contributed by atoms with van der Waals surface area (Å²) >= 11 is 0. The van der Waals surface area contributed by atoms with Crippen LogP contribution in [-0.4, -0.2) is 25.5 Å². The van der Waals surface area contributed by atoms with E-state index in [9.17, 15) is 4.79 Å². The van der Waals surface area contributed by atoms with Crippen LogP contribution in [0.5, 0.6) is 0 Å². The summed E-state index contributed by atoms with van der Waals surface area (Å²) in [5.74, 6) is 0.530. The second-order valence-electron chi connectivity index (χ2n) is 6.52. The quantitative estimate of drug-likeness (QED) is 0.763. The summed E-state index contributed by atoms with van der Waals surface area (Å²) in [5, 5.41) is 6.51. The molecule has 1 atom stereocenters. The van der Waals surface area contributed by atoms with E-state index in [0.29, 0.717) is 5.41 Å². The number of nitrogens with one attached hydrogen (secondary N) is 2. The van der Waals surface area contributed by atoms with Crippen LogP contribution in [-0.2, 0) is 4.79 Å². The zero-order valence-corrected chi connectivity index (χ0v) is 10.7. The molecule has 92 valence electrons. The average molecular weight is 224 g/mol. The molecule has 2 N–H and O–H groups in total. The van der Waals surface area contributed by atoms with Crippen LogP contribution in [0.2, 0.25) is 0 Å². The summed E-state index contributed by atoms with van der Waals surface area (Å²) in [6.07, 6.45) is 3.39. The lowest BCUT2D eigenvalue weighted by molar-refractivity contribution is -0.123. The van der Waals surface area contributed by atoms with Crippen LogP contribution >= 0.6 is 0 Å². The van der Waals surface area contributed by atoms with Crippen molar-refractivity contribution < 1.29 is 4.79 Å². The number of carbonyl (C=O) groups excluding carboxylic acids is 1. The van der Waals surface area contributed by atoms with Gasteiger partial charge >= 0.3 is 0 Å². The van der Waals surface area contributed by atoms with Gasteiger partial charge < -0.3 is 10.6 Å². The first-order chi connectivity index (χ1) is 7.43. The largest absolute Gasteiger partial charge is 0.355 e. The molecular formula is C13H24N2O. The molecule has 0 radical (unpaired) electrons. The van der Waals surface area contributed by atoms with E-state index in [1.807, 2.05) is 0 Å². The molecule has 0 bridgehead atoms. The fraction of sp³-hybridized carbons (Fsp3) is 0.923. The van der Waals surface area contributed by atoms with Gasteiger partial charge in [-0.15, -0.1) is 0 Å². The molecule has 0 aromatic carbocycles. The molecule has 3 nitrogen and oxygen atoms in total. The van der Waals surface area contributed by atoms with Crippen molar-refractivity contribution in [3.8, 4) is 0 Å². The highest BCUT2D eigenvalue weighted by atomic mass is 16.2. The molecule has 0 aromatic rings. The third-order valence-electron chi connectivity index (χ3n) is 4.33. The third-order valence-corrected chi connectivity index (χ3v) is 4.33. The SMILES string of the molecule is CC1(CNC(=O)C2CC2(C)C)CCNCC1. The van der Waals surface area contributed by atoms with Crippen molar-refractivity contribution in [3.05, 3.63) is 0 Å². The van der Waals surface area contributed by atoms with Crippen molar-refractivity contribution in [1.82, 2.24) is 10.6 Å². The molecule has 1 saturated carbocycles. The lowest BCUT2D eigenvalue weighted by atomic mass is 9.81. The maximum Gasteiger partial charge on any atom is 0.223 e. The summed E-state index contributed by atoms with van der Waals surface area (Å²) < 4.78 is 0. The smallest absolute Gasteiger partial charge is 0.223 e. The van der Waals surface area contributed by atoms with Gasteiger partial charge in [-0.3, -0.25) is 4.79 Å². The zero-order chi connectivity index (χ0) is 11.8. The van der Waals surface area contributed by atoms with Gasteiger partial charge in [0, 0.05) is 12.5 Å². The Morgan fingerprint density at radius 3 is 2.38 bits per heavy atom. The van der Waals surface area contributed by atoms with Crippen molar-refractivity contribution >= 4 is 5.91 Å². The summed E-state index contributed by atoms with van der Waals surface area (Å²) in [7, 11) is 0. The predicted octanol–water partition coefficient (Wildman–Crippen LogP) is 1.54. The molecule has 2 rings (SSSR count). The second-order valence-corrected chi connectivity index (χ2v) is 6.52. The molecule has 16 heavy (non-hydrogen) atoms. The van der Waals surface area contributed by atoms with Crippen molar-refractivity contribution in [1.29, 1.82) is 0 Å². The van der Waals surface area contributed by atoms with Gasteiger partial charge in [0.25, 0.3) is 0 Å². The Bertz CT molecular complexity index is 280. The van der Waals surface area contributed by atoms with Crippen molar-refractivity contribution in [2.75, 3.05) is 19.6 Å². The fourth-order valence-electron chi connectivity index (χ4n) is 2.55. The van der Waals surface area contributed by atoms with Crippen molar-refractivity contribution in [3.63, 3.8) is 0 Å². The van der Waals surface area contributed by atoms with Gasteiger partial charge in [-0.05, 0) is 43.2 Å². The van der Waals surface area contributed by atoms with Crippen LogP contribution < -0.4 is 10.6 Å². The van der Waals surface area contributed by atoms with Gasteiger partial charge in [0.1, 0.15) is 0 Å². The first-order valence-corrected chi connectivity index (χ1v) is 6.41. The van der Waals surface area contributed by atoms with E-state index >= 15 is 0 Å². The monoisotopic (exact) mass is 224 g/mol. The van der Waals surface area contributed by atoms with Gasteiger partial charge in [0.2, 0.25) is 5.91 Å². The predicted molar refractivity (Wildman–Crippen MR) is 65.1 cm³/mol. The average Bonchev–Trinajstić information content (AvgIpc) is 2.86. The number of hydrogen-bond acceptors (Lipinski definition) is 2. The highest BCUT2D eigenvalue weighted by Gasteiger charge is 2.50. The van der Waals surface area contributed by atoms with Crippen LogP contribution in [0.15, 0.2) is 0 Å². The van der Waals surface area contributed by atoms with Crippen molar-refractivity contribution in [2.45, 2.75) is 40.0 Å². The molecule has 3 heteroatoms. The minimum Gasteiger partial charge on any atom is -0.355 e. The Labute approximate surface area is 98.4 Å². The molecule has 1 aliphatic carbocycles. The maximum absolute atomic E-state index is 11.9. The Kier molecular flexibility index (Phi) is 2.99. The molecule has 2 aliphatic rings. The Morgan fingerprint density at radius 1 is 1.31 bits per heavy atom. The van der Waals surface area contributed by atoms with Crippen LogP contribution in [0.4, 0.5) is 0 Å². The first kappa shape index (κ1) is 11.9. The van der Waals surface area contributed by atoms with Gasteiger partial charge in [-0.25, -0.2) is 0 Å². The Morgan fingerprint density at radius 2 is 1.88 bits per heavy atom. The molecule has 1 unspecified atom stereocenters. The molecule has 2 fully saturated rings. The number of amides is 1. The van der Waals surface area contributed by atoms with Crippen LogP contribution in [0.1, 0.15) is 40.0 Å². The lowest BCUT2D eigenvalue weighted by Crippen LogP contribution is -2.43. The summed E-state index contributed by atoms with van der Waals surface area (Å²) in [4.78, 5) is 11.9. The molecule has 0 spiro atoms. The number of hydrogen-bond donors (Lipinski definition) is 2. The third kappa shape index (κ3) is 2.57. The van der Waals surface area contributed by atoms with E-state index in [4.69, 9.17) is 0 Å². The van der Waals surface area contributed by atoms with E-state index < -0.39 is 0 Å². The van der Waals surface area contributed by atoms with Gasteiger partial charge in [0.05, 0.1) is 0 Å².